The summed E-state index contributed by atoms with van der Waals surface area (Å²) in [4.78, 5) is 25.0. The minimum atomic E-state index is -0.350. The molecule has 0 radical (unpaired) electrons. The smallest absolute Gasteiger partial charge is 0.261 e. The molecule has 0 spiro atoms. The highest BCUT2D eigenvalue weighted by Gasteiger charge is 2.30. The number of hydrogen-bond donors (Lipinski definition) is 1. The van der Waals surface area contributed by atoms with Crippen molar-refractivity contribution in [2.75, 3.05) is 10.6 Å². The van der Waals surface area contributed by atoms with Gasteiger partial charge in [0.25, 0.3) is 11.8 Å². The van der Waals surface area contributed by atoms with Crippen LogP contribution in [0, 0.1) is 0 Å². The summed E-state index contributed by atoms with van der Waals surface area (Å²) in [6.45, 7) is 1.62. The van der Waals surface area contributed by atoms with E-state index in [1.54, 1.807) is 19.1 Å². The van der Waals surface area contributed by atoms with E-state index in [9.17, 15) is 9.59 Å². The summed E-state index contributed by atoms with van der Waals surface area (Å²) in [5, 5.41) is 0. The van der Waals surface area contributed by atoms with Crippen LogP contribution < -0.4 is 10.6 Å². The molecule has 3 rings (SSSR count). The molecule has 104 valence electrons. The van der Waals surface area contributed by atoms with Gasteiger partial charge in [-0.15, -0.1) is 0 Å². The van der Waals surface area contributed by atoms with Gasteiger partial charge in [0.05, 0.1) is 11.4 Å². The van der Waals surface area contributed by atoms with E-state index >= 15 is 0 Å². The number of benzene rings is 2. The van der Waals surface area contributed by atoms with E-state index in [4.69, 9.17) is 5.73 Å². The lowest BCUT2D eigenvalue weighted by molar-refractivity contribution is -0.120. The van der Waals surface area contributed by atoms with E-state index in [0.29, 0.717) is 16.9 Å². The minimum Gasteiger partial charge on any atom is -0.397 e. The maximum absolute atomic E-state index is 12.0. The molecule has 4 heteroatoms. The molecule has 0 aromatic heterocycles. The van der Waals surface area contributed by atoms with Crippen molar-refractivity contribution in [2.24, 2.45) is 0 Å². The average Bonchev–Trinajstić information content (AvgIpc) is 2.74. The third kappa shape index (κ3) is 2.21. The second-order valence-corrected chi connectivity index (χ2v) is 4.95. The van der Waals surface area contributed by atoms with Gasteiger partial charge in [-0.25, -0.2) is 4.90 Å². The van der Waals surface area contributed by atoms with Crippen molar-refractivity contribution in [3.8, 4) is 11.1 Å². The van der Waals surface area contributed by atoms with Crippen LogP contribution in [0.25, 0.3) is 11.1 Å². The number of amides is 2. The highest BCUT2D eigenvalue weighted by molar-refractivity contribution is 6.31. The van der Waals surface area contributed by atoms with E-state index in [2.05, 4.69) is 0 Å². The molecule has 1 heterocycles. The first-order chi connectivity index (χ1) is 10.1. The standard InChI is InChI=1S/C17H14N2O2/c1-11-9-16(20)19(17(11)21)15-8-7-13(10-14(15)18)12-5-3-2-4-6-12/h2-10H,18H2,1H3. The zero-order valence-corrected chi connectivity index (χ0v) is 11.5. The first-order valence-corrected chi connectivity index (χ1v) is 6.59. The normalized spacial score (nSPS) is 14.5. The summed E-state index contributed by atoms with van der Waals surface area (Å²) in [6.07, 6.45) is 1.33. The van der Waals surface area contributed by atoms with Gasteiger partial charge in [-0.05, 0) is 30.2 Å². The van der Waals surface area contributed by atoms with Crippen LogP contribution >= 0.6 is 0 Å². The Labute approximate surface area is 122 Å². The minimum absolute atomic E-state index is 0.320. The van der Waals surface area contributed by atoms with Crippen LogP contribution in [-0.2, 0) is 9.59 Å². The lowest BCUT2D eigenvalue weighted by Gasteiger charge is -2.17. The first kappa shape index (κ1) is 13.1. The van der Waals surface area contributed by atoms with E-state index in [1.807, 2.05) is 36.4 Å². The number of carbonyl (C=O) groups excluding carboxylic acids is 2. The maximum Gasteiger partial charge on any atom is 0.261 e. The molecule has 2 N–H and O–H groups in total. The summed E-state index contributed by atoms with van der Waals surface area (Å²) in [6, 6.07) is 15.1. The van der Waals surface area contributed by atoms with Gasteiger partial charge >= 0.3 is 0 Å². The van der Waals surface area contributed by atoms with Crippen molar-refractivity contribution < 1.29 is 9.59 Å². The molecule has 2 aromatic carbocycles. The Morgan fingerprint density at radius 3 is 2.24 bits per heavy atom. The molecular weight excluding hydrogens is 264 g/mol. The van der Waals surface area contributed by atoms with Gasteiger partial charge in [0.15, 0.2) is 0 Å². The molecule has 21 heavy (non-hydrogen) atoms. The number of nitrogens with zero attached hydrogens (tertiary/aromatic N) is 1. The fourth-order valence-corrected chi connectivity index (χ4v) is 2.38. The van der Waals surface area contributed by atoms with Crippen LogP contribution in [0.4, 0.5) is 11.4 Å². The molecular formula is C17H14N2O2. The number of nitrogens with two attached hydrogens (primary N) is 1. The predicted molar refractivity (Wildman–Crippen MR) is 82.5 cm³/mol. The van der Waals surface area contributed by atoms with Crippen LogP contribution in [-0.4, -0.2) is 11.8 Å². The Balaban J connectivity index is 2.00. The lowest BCUT2D eigenvalue weighted by Crippen LogP contribution is -2.31. The van der Waals surface area contributed by atoms with Gasteiger partial charge < -0.3 is 5.73 Å². The molecule has 2 aromatic rings. The van der Waals surface area contributed by atoms with E-state index in [0.717, 1.165) is 16.0 Å². The fourth-order valence-electron chi connectivity index (χ4n) is 2.38. The van der Waals surface area contributed by atoms with Gasteiger partial charge in [-0.2, -0.15) is 0 Å². The van der Waals surface area contributed by atoms with Gasteiger partial charge in [0.2, 0.25) is 0 Å². The van der Waals surface area contributed by atoms with E-state index in [1.165, 1.54) is 6.08 Å². The Hall–Kier alpha value is -2.88. The van der Waals surface area contributed by atoms with Crippen molar-refractivity contribution in [1.29, 1.82) is 0 Å². The second kappa shape index (κ2) is 4.90. The van der Waals surface area contributed by atoms with Crippen molar-refractivity contribution in [1.82, 2.24) is 0 Å². The summed E-state index contributed by atoms with van der Waals surface area (Å²) >= 11 is 0. The van der Waals surface area contributed by atoms with Crippen LogP contribution in [0.5, 0.6) is 0 Å². The van der Waals surface area contributed by atoms with Crippen LogP contribution in [0.15, 0.2) is 60.2 Å². The molecule has 0 bridgehead atoms. The molecule has 4 nitrogen and oxygen atoms in total. The van der Waals surface area contributed by atoms with Gasteiger partial charge in [0.1, 0.15) is 0 Å². The third-order valence-electron chi connectivity index (χ3n) is 3.48. The quantitative estimate of drug-likeness (QED) is 0.678. The van der Waals surface area contributed by atoms with Gasteiger partial charge in [0, 0.05) is 11.6 Å². The van der Waals surface area contributed by atoms with Crippen molar-refractivity contribution in [3.63, 3.8) is 0 Å². The van der Waals surface area contributed by atoms with Crippen LogP contribution in [0.3, 0.4) is 0 Å². The molecule has 0 aliphatic carbocycles. The molecule has 0 saturated heterocycles. The second-order valence-electron chi connectivity index (χ2n) is 4.95. The number of hydrogen-bond acceptors (Lipinski definition) is 3. The summed E-state index contributed by atoms with van der Waals surface area (Å²) in [5.41, 5.74) is 9.27. The van der Waals surface area contributed by atoms with Gasteiger partial charge in [-0.3, -0.25) is 9.59 Å². The van der Waals surface area contributed by atoms with Crippen molar-refractivity contribution in [2.45, 2.75) is 6.92 Å². The van der Waals surface area contributed by atoms with Crippen LogP contribution in [0.2, 0.25) is 0 Å². The fraction of sp³-hybridized carbons (Fsp3) is 0.0588. The third-order valence-corrected chi connectivity index (χ3v) is 3.48. The van der Waals surface area contributed by atoms with E-state index in [-0.39, 0.29) is 11.8 Å². The average molecular weight is 278 g/mol. The largest absolute Gasteiger partial charge is 0.397 e. The molecule has 1 aliphatic heterocycles. The zero-order valence-electron chi connectivity index (χ0n) is 11.5. The number of imide groups is 1. The topological polar surface area (TPSA) is 63.4 Å². The maximum atomic E-state index is 12.0. The number of anilines is 2. The Morgan fingerprint density at radius 1 is 0.952 bits per heavy atom. The summed E-state index contributed by atoms with van der Waals surface area (Å²) in [7, 11) is 0. The predicted octanol–water partition coefficient (Wildman–Crippen LogP) is 2.76. The lowest BCUT2D eigenvalue weighted by atomic mass is 10.0. The molecule has 0 saturated carbocycles. The summed E-state index contributed by atoms with van der Waals surface area (Å²) < 4.78 is 0. The van der Waals surface area contributed by atoms with E-state index < -0.39 is 0 Å². The van der Waals surface area contributed by atoms with Crippen LogP contribution in [0.1, 0.15) is 6.92 Å². The SMILES string of the molecule is CC1=CC(=O)N(c2ccc(-c3ccccc3)cc2N)C1=O. The monoisotopic (exact) mass is 278 g/mol. The molecule has 2 amide bonds. The number of nitrogen functional groups attached to an aromatic ring is 1. The molecule has 0 unspecified atom stereocenters. The highest BCUT2D eigenvalue weighted by atomic mass is 16.2. The zero-order chi connectivity index (χ0) is 15.0. The Bertz CT molecular complexity index is 764. The highest BCUT2D eigenvalue weighted by Crippen LogP contribution is 2.32. The molecule has 1 aliphatic rings. The van der Waals surface area contributed by atoms with Crippen molar-refractivity contribution >= 4 is 23.2 Å². The number of carbonyl (C=O) groups is 2. The van der Waals surface area contributed by atoms with Crippen molar-refractivity contribution in [3.05, 3.63) is 60.2 Å². The number of rotatable bonds is 2. The molecule has 0 fully saturated rings. The molecule has 0 atom stereocenters. The first-order valence-electron chi connectivity index (χ1n) is 6.59. The summed E-state index contributed by atoms with van der Waals surface area (Å²) in [5.74, 6) is -0.671. The van der Waals surface area contributed by atoms with Gasteiger partial charge in [-0.1, -0.05) is 36.4 Å². The Kier molecular flexibility index (Phi) is 3.06. The Morgan fingerprint density at radius 2 is 1.67 bits per heavy atom.